The third-order valence-corrected chi connectivity index (χ3v) is 3.80. The van der Waals surface area contributed by atoms with Crippen LogP contribution in [0.3, 0.4) is 0 Å². The van der Waals surface area contributed by atoms with Crippen molar-refractivity contribution in [3.63, 3.8) is 0 Å². The Morgan fingerprint density at radius 1 is 1.45 bits per heavy atom. The van der Waals surface area contributed by atoms with E-state index >= 15 is 0 Å². The zero-order chi connectivity index (χ0) is 16.4. The molecule has 0 saturated heterocycles. The van der Waals surface area contributed by atoms with E-state index in [1.54, 1.807) is 13.2 Å². The van der Waals surface area contributed by atoms with Gasteiger partial charge in [-0.25, -0.2) is 4.79 Å². The second-order valence-electron chi connectivity index (χ2n) is 4.25. The number of amides is 1. The molecule has 0 aliphatic carbocycles. The van der Waals surface area contributed by atoms with Crippen molar-refractivity contribution in [3.05, 3.63) is 39.7 Å². The molecule has 2 rings (SSSR count). The first kappa shape index (κ1) is 15.8. The van der Waals surface area contributed by atoms with Crippen LogP contribution in [-0.2, 0) is 4.74 Å². The number of carbonyl (C=O) groups is 2. The predicted molar refractivity (Wildman–Crippen MR) is 80.3 cm³/mol. The summed E-state index contributed by atoms with van der Waals surface area (Å²) in [5.41, 5.74) is 5.36. The van der Waals surface area contributed by atoms with E-state index in [2.05, 4.69) is 0 Å². The third-order valence-electron chi connectivity index (χ3n) is 3.00. The molecule has 0 radical (unpaired) electrons. The molecule has 9 heteroatoms. The highest BCUT2D eigenvalue weighted by Crippen LogP contribution is 2.38. The number of fused-ring (bicyclic) bond motifs is 1. The summed E-state index contributed by atoms with van der Waals surface area (Å²) in [6.07, 6.45) is 2.93. The van der Waals surface area contributed by atoms with Crippen molar-refractivity contribution in [1.29, 1.82) is 0 Å². The number of nitrogens with zero attached hydrogens (tertiary/aromatic N) is 2. The van der Waals surface area contributed by atoms with Gasteiger partial charge >= 0.3 is 11.7 Å². The topological polar surface area (TPSA) is 117 Å². The molecule has 8 nitrogen and oxygen atoms in total. The number of primary amides is 1. The molecule has 1 amide bonds. The molecular formula is C13H13N3O5S. The Morgan fingerprint density at radius 3 is 2.64 bits per heavy atom. The van der Waals surface area contributed by atoms with E-state index in [9.17, 15) is 19.7 Å². The summed E-state index contributed by atoms with van der Waals surface area (Å²) in [7, 11) is 0. The van der Waals surface area contributed by atoms with E-state index in [0.29, 0.717) is 0 Å². The van der Waals surface area contributed by atoms with Gasteiger partial charge in [-0.05, 0) is 25.3 Å². The van der Waals surface area contributed by atoms with Gasteiger partial charge < -0.3 is 14.9 Å². The van der Waals surface area contributed by atoms with Crippen LogP contribution in [0.2, 0.25) is 0 Å². The Balaban J connectivity index is 2.88. The largest absolute Gasteiger partial charge is 0.461 e. The molecule has 0 bridgehead atoms. The molecule has 2 aromatic heterocycles. The number of hydrogen-bond donors (Lipinski definition) is 1. The van der Waals surface area contributed by atoms with E-state index < -0.39 is 16.8 Å². The molecule has 0 aliphatic heterocycles. The molecule has 0 atom stereocenters. The van der Waals surface area contributed by atoms with Crippen molar-refractivity contribution >= 4 is 34.8 Å². The number of ether oxygens (including phenoxy) is 1. The van der Waals surface area contributed by atoms with Gasteiger partial charge in [0.15, 0.2) is 5.69 Å². The number of esters is 1. The van der Waals surface area contributed by atoms with Crippen molar-refractivity contribution < 1.29 is 19.2 Å². The molecule has 0 saturated carbocycles. The first-order chi connectivity index (χ1) is 10.4. The number of thioether (sulfide) groups is 1. The fourth-order valence-corrected chi connectivity index (χ4v) is 2.87. The minimum Gasteiger partial charge on any atom is -0.461 e. The Morgan fingerprint density at radius 2 is 2.14 bits per heavy atom. The fourth-order valence-electron chi connectivity index (χ4n) is 2.12. The van der Waals surface area contributed by atoms with Crippen LogP contribution in [0.15, 0.2) is 23.2 Å². The van der Waals surface area contributed by atoms with Gasteiger partial charge in [-0.15, -0.1) is 11.8 Å². The van der Waals surface area contributed by atoms with Crippen LogP contribution in [0.25, 0.3) is 5.52 Å². The maximum Gasteiger partial charge on any atom is 0.356 e. The van der Waals surface area contributed by atoms with Crippen LogP contribution in [0.4, 0.5) is 5.69 Å². The molecule has 2 aromatic rings. The predicted octanol–water partition coefficient (Wildman–Crippen LogP) is 1.84. The minimum atomic E-state index is -0.698. The van der Waals surface area contributed by atoms with Crippen molar-refractivity contribution in [3.8, 4) is 0 Å². The molecular weight excluding hydrogens is 310 g/mol. The minimum absolute atomic E-state index is 0.0131. The van der Waals surface area contributed by atoms with Crippen molar-refractivity contribution in [2.75, 3.05) is 12.9 Å². The molecule has 116 valence electrons. The highest BCUT2D eigenvalue weighted by atomic mass is 32.2. The average molecular weight is 323 g/mol. The Bertz CT molecular complexity index is 784. The lowest BCUT2D eigenvalue weighted by molar-refractivity contribution is -0.385. The summed E-state index contributed by atoms with van der Waals surface area (Å²) in [4.78, 5) is 34.4. The van der Waals surface area contributed by atoms with E-state index in [1.165, 1.54) is 22.7 Å². The number of nitrogens with two attached hydrogens (primary N) is 1. The molecule has 0 spiro atoms. The van der Waals surface area contributed by atoms with Crippen LogP contribution in [-0.4, -0.2) is 34.1 Å². The highest BCUT2D eigenvalue weighted by molar-refractivity contribution is 7.98. The maximum absolute atomic E-state index is 12.2. The smallest absolute Gasteiger partial charge is 0.356 e. The molecule has 22 heavy (non-hydrogen) atoms. The molecule has 0 fully saturated rings. The zero-order valence-electron chi connectivity index (χ0n) is 11.9. The number of carbonyl (C=O) groups excluding carboxylic acids is 2. The summed E-state index contributed by atoms with van der Waals surface area (Å²) in [6.45, 7) is 1.76. The first-order valence-electron chi connectivity index (χ1n) is 6.25. The molecule has 2 heterocycles. The second kappa shape index (κ2) is 6.06. The monoisotopic (exact) mass is 323 g/mol. The van der Waals surface area contributed by atoms with Gasteiger partial charge in [0.2, 0.25) is 5.91 Å². The van der Waals surface area contributed by atoms with Gasteiger partial charge in [-0.3, -0.25) is 14.9 Å². The summed E-state index contributed by atoms with van der Waals surface area (Å²) in [6, 6.07) is 2.77. The standard InChI is InChI=1S/C13H13N3O5S/c1-3-21-13(18)10-11(22-2)9(16(19)20)8-5-4-7(12(14)17)6-15(8)10/h4-6H,3H2,1-2H3,(H2,14,17). The molecule has 0 aromatic carbocycles. The lowest BCUT2D eigenvalue weighted by atomic mass is 10.2. The van der Waals surface area contributed by atoms with Crippen molar-refractivity contribution in [2.24, 2.45) is 5.73 Å². The van der Waals surface area contributed by atoms with Crippen LogP contribution in [0, 0.1) is 10.1 Å². The fraction of sp³-hybridized carbons (Fsp3) is 0.231. The lowest BCUT2D eigenvalue weighted by Gasteiger charge is -2.04. The molecule has 0 aliphatic rings. The Hall–Kier alpha value is -2.55. The van der Waals surface area contributed by atoms with Crippen molar-refractivity contribution in [2.45, 2.75) is 11.8 Å². The summed E-state index contributed by atoms with van der Waals surface area (Å²) in [5.74, 6) is -1.39. The normalized spacial score (nSPS) is 10.6. The average Bonchev–Trinajstić information content (AvgIpc) is 2.80. The zero-order valence-corrected chi connectivity index (χ0v) is 12.7. The van der Waals surface area contributed by atoms with Gasteiger partial charge in [-0.1, -0.05) is 0 Å². The SMILES string of the molecule is CCOC(=O)c1c(SC)c([N+](=O)[O-])c2ccc(C(N)=O)cn12. The maximum atomic E-state index is 12.2. The van der Waals surface area contributed by atoms with Gasteiger partial charge in [0.25, 0.3) is 0 Å². The Labute approximate surface area is 129 Å². The van der Waals surface area contributed by atoms with Gasteiger partial charge in [0.05, 0.1) is 17.1 Å². The van der Waals surface area contributed by atoms with Gasteiger partial charge in [-0.2, -0.15) is 0 Å². The van der Waals surface area contributed by atoms with Crippen LogP contribution < -0.4 is 5.73 Å². The van der Waals surface area contributed by atoms with Crippen LogP contribution in [0.1, 0.15) is 27.8 Å². The number of hydrogen-bond acceptors (Lipinski definition) is 6. The first-order valence-corrected chi connectivity index (χ1v) is 7.48. The van der Waals surface area contributed by atoms with E-state index in [-0.39, 0.29) is 34.0 Å². The number of rotatable bonds is 5. The second-order valence-corrected chi connectivity index (χ2v) is 5.06. The van der Waals surface area contributed by atoms with E-state index in [4.69, 9.17) is 10.5 Å². The molecule has 0 unspecified atom stereocenters. The van der Waals surface area contributed by atoms with Gasteiger partial charge in [0, 0.05) is 6.20 Å². The summed E-state index contributed by atoms with van der Waals surface area (Å²) in [5, 5.41) is 11.3. The molecule has 2 N–H and O–H groups in total. The quantitative estimate of drug-likeness (QED) is 0.388. The van der Waals surface area contributed by atoms with E-state index in [1.807, 2.05) is 0 Å². The lowest BCUT2D eigenvalue weighted by Crippen LogP contribution is -2.13. The number of aromatic nitrogens is 1. The van der Waals surface area contributed by atoms with Crippen molar-refractivity contribution in [1.82, 2.24) is 4.40 Å². The summed E-state index contributed by atoms with van der Waals surface area (Å²) < 4.78 is 6.24. The third kappa shape index (κ3) is 2.50. The summed E-state index contributed by atoms with van der Waals surface area (Å²) >= 11 is 1.07. The van der Waals surface area contributed by atoms with Crippen LogP contribution in [0.5, 0.6) is 0 Å². The van der Waals surface area contributed by atoms with E-state index in [0.717, 1.165) is 11.8 Å². The van der Waals surface area contributed by atoms with Crippen LogP contribution >= 0.6 is 11.8 Å². The number of pyridine rings is 1. The highest BCUT2D eigenvalue weighted by Gasteiger charge is 2.31. The van der Waals surface area contributed by atoms with Gasteiger partial charge in [0.1, 0.15) is 10.4 Å². The Kier molecular flexibility index (Phi) is 4.36. The number of nitro groups is 1.